The third-order valence-corrected chi connectivity index (χ3v) is 5.38. The molecule has 4 heteroatoms. The Labute approximate surface area is 165 Å². The van der Waals surface area contributed by atoms with E-state index >= 15 is 0 Å². The second-order valence-corrected chi connectivity index (χ2v) is 7.39. The molecule has 1 aromatic heterocycles. The molecule has 1 atom stereocenters. The molecule has 0 saturated carbocycles. The quantitative estimate of drug-likeness (QED) is 0.400. The molecular weight excluding hydrogens is 352 g/mol. The lowest BCUT2D eigenvalue weighted by molar-refractivity contribution is -0.141. The smallest absolute Gasteiger partial charge is 0.310 e. The molecule has 3 aromatic rings. The Hall–Kier alpha value is -2.88. The SMILES string of the molecule is CC[C@@H](C)c1ccc(C(=O)COC(=O)Cc2coc3cc(C)c(C)cc23)cc1. The summed E-state index contributed by atoms with van der Waals surface area (Å²) >= 11 is 0. The average molecular weight is 378 g/mol. The van der Waals surface area contributed by atoms with E-state index in [9.17, 15) is 9.59 Å². The van der Waals surface area contributed by atoms with Gasteiger partial charge in [-0.25, -0.2) is 0 Å². The zero-order valence-corrected chi connectivity index (χ0v) is 16.9. The van der Waals surface area contributed by atoms with E-state index in [4.69, 9.17) is 9.15 Å². The van der Waals surface area contributed by atoms with Crippen LogP contribution in [-0.4, -0.2) is 18.4 Å². The second kappa shape index (κ2) is 8.42. The fourth-order valence-electron chi connectivity index (χ4n) is 3.14. The summed E-state index contributed by atoms with van der Waals surface area (Å²) in [7, 11) is 0. The molecule has 3 rings (SSSR count). The Kier molecular flexibility index (Phi) is 5.98. The summed E-state index contributed by atoms with van der Waals surface area (Å²) in [5.74, 6) is -0.183. The van der Waals surface area contributed by atoms with Crippen molar-refractivity contribution < 1.29 is 18.7 Å². The molecule has 0 amide bonds. The third-order valence-electron chi connectivity index (χ3n) is 5.38. The van der Waals surface area contributed by atoms with Crippen molar-refractivity contribution in [1.29, 1.82) is 0 Å². The second-order valence-electron chi connectivity index (χ2n) is 7.39. The first-order valence-corrected chi connectivity index (χ1v) is 9.65. The topological polar surface area (TPSA) is 56.5 Å². The van der Waals surface area contributed by atoms with E-state index in [0.717, 1.165) is 34.1 Å². The van der Waals surface area contributed by atoms with Crippen molar-refractivity contribution in [2.45, 2.75) is 46.5 Å². The molecular formula is C24H26O4. The predicted molar refractivity (Wildman–Crippen MR) is 110 cm³/mol. The zero-order chi connectivity index (χ0) is 20.3. The summed E-state index contributed by atoms with van der Waals surface area (Å²) < 4.78 is 10.7. The first-order valence-electron chi connectivity index (χ1n) is 9.65. The van der Waals surface area contributed by atoms with Crippen LogP contribution >= 0.6 is 0 Å². The molecule has 0 bridgehead atoms. The molecule has 0 fully saturated rings. The van der Waals surface area contributed by atoms with Gasteiger partial charge < -0.3 is 9.15 Å². The Bertz CT molecular complexity index is 995. The van der Waals surface area contributed by atoms with Gasteiger partial charge in [0.05, 0.1) is 12.7 Å². The summed E-state index contributed by atoms with van der Waals surface area (Å²) in [5, 5.41) is 0.909. The van der Waals surface area contributed by atoms with E-state index in [0.29, 0.717) is 11.5 Å². The van der Waals surface area contributed by atoms with Crippen molar-refractivity contribution in [2.24, 2.45) is 0 Å². The van der Waals surface area contributed by atoms with Crippen LogP contribution in [0.2, 0.25) is 0 Å². The average Bonchev–Trinajstić information content (AvgIpc) is 3.07. The highest BCUT2D eigenvalue weighted by Gasteiger charge is 2.15. The molecule has 4 nitrogen and oxygen atoms in total. The van der Waals surface area contributed by atoms with Gasteiger partial charge in [0.15, 0.2) is 12.4 Å². The lowest BCUT2D eigenvalue weighted by Crippen LogP contribution is -2.15. The Morgan fingerprint density at radius 2 is 1.75 bits per heavy atom. The van der Waals surface area contributed by atoms with E-state index < -0.39 is 5.97 Å². The first-order chi connectivity index (χ1) is 13.4. The van der Waals surface area contributed by atoms with Crippen LogP contribution < -0.4 is 0 Å². The molecule has 1 heterocycles. The summed E-state index contributed by atoms with van der Waals surface area (Å²) in [4.78, 5) is 24.5. The van der Waals surface area contributed by atoms with Crippen molar-refractivity contribution in [3.05, 3.63) is 70.5 Å². The summed E-state index contributed by atoms with van der Waals surface area (Å²) in [6, 6.07) is 11.5. The van der Waals surface area contributed by atoms with E-state index in [-0.39, 0.29) is 18.8 Å². The van der Waals surface area contributed by atoms with Crippen molar-refractivity contribution in [1.82, 2.24) is 0 Å². The summed E-state index contributed by atoms with van der Waals surface area (Å²) in [6.07, 6.45) is 2.71. The predicted octanol–water partition coefficient (Wildman–Crippen LogP) is 5.53. The van der Waals surface area contributed by atoms with Crippen LogP contribution in [0, 0.1) is 13.8 Å². The van der Waals surface area contributed by atoms with E-state index in [1.165, 1.54) is 5.56 Å². The van der Waals surface area contributed by atoms with Crippen molar-refractivity contribution in [3.8, 4) is 0 Å². The summed E-state index contributed by atoms with van der Waals surface area (Å²) in [6.45, 7) is 8.08. The number of ketones is 1. The maximum Gasteiger partial charge on any atom is 0.310 e. The van der Waals surface area contributed by atoms with Gasteiger partial charge in [-0.1, -0.05) is 38.1 Å². The highest BCUT2D eigenvalue weighted by Crippen LogP contribution is 2.25. The van der Waals surface area contributed by atoms with E-state index in [2.05, 4.69) is 13.8 Å². The maximum atomic E-state index is 12.3. The minimum absolute atomic E-state index is 0.0791. The van der Waals surface area contributed by atoms with Crippen LogP contribution in [0.3, 0.4) is 0 Å². The normalized spacial score (nSPS) is 12.1. The maximum absolute atomic E-state index is 12.3. The number of carbonyl (C=O) groups is 2. The number of benzene rings is 2. The Balaban J connectivity index is 1.60. The monoisotopic (exact) mass is 378 g/mol. The Morgan fingerprint density at radius 1 is 1.07 bits per heavy atom. The van der Waals surface area contributed by atoms with Crippen molar-refractivity contribution >= 4 is 22.7 Å². The van der Waals surface area contributed by atoms with Crippen LogP contribution in [0.15, 0.2) is 47.1 Å². The number of Topliss-reactive ketones (excluding diaryl/α,β-unsaturated/α-hetero) is 1. The molecule has 0 unspecified atom stereocenters. The third kappa shape index (κ3) is 4.33. The zero-order valence-electron chi connectivity index (χ0n) is 16.9. The number of esters is 1. The minimum Gasteiger partial charge on any atom is -0.464 e. The number of furan rings is 1. The van der Waals surface area contributed by atoms with Crippen LogP contribution in [-0.2, 0) is 16.0 Å². The molecule has 0 aliphatic rings. The van der Waals surface area contributed by atoms with Gasteiger partial charge in [-0.15, -0.1) is 0 Å². The number of aryl methyl sites for hydroxylation is 2. The standard InChI is InChI=1S/C24H26O4/c1-5-15(2)18-6-8-19(9-7-18)22(25)14-28-24(26)12-20-13-27-23-11-17(4)16(3)10-21(20)23/h6-11,13,15H,5,12,14H2,1-4H3/t15-/m1/s1. The molecule has 2 aromatic carbocycles. The van der Waals surface area contributed by atoms with Gasteiger partial charge >= 0.3 is 5.97 Å². The highest BCUT2D eigenvalue weighted by atomic mass is 16.5. The minimum atomic E-state index is -0.439. The molecule has 0 spiro atoms. The molecule has 0 aliphatic carbocycles. The van der Waals surface area contributed by atoms with E-state index in [1.54, 1.807) is 18.4 Å². The Morgan fingerprint density at radius 3 is 2.43 bits per heavy atom. The number of rotatable bonds is 7. The fraction of sp³-hybridized carbons (Fsp3) is 0.333. The molecule has 146 valence electrons. The number of hydrogen-bond donors (Lipinski definition) is 0. The number of hydrogen-bond acceptors (Lipinski definition) is 4. The highest BCUT2D eigenvalue weighted by molar-refractivity contribution is 5.98. The number of ether oxygens (including phenoxy) is 1. The van der Waals surface area contributed by atoms with Crippen molar-refractivity contribution in [2.75, 3.05) is 6.61 Å². The van der Waals surface area contributed by atoms with Gasteiger partial charge in [-0.3, -0.25) is 9.59 Å². The largest absolute Gasteiger partial charge is 0.464 e. The molecule has 28 heavy (non-hydrogen) atoms. The molecule has 0 N–H and O–H groups in total. The summed E-state index contributed by atoms with van der Waals surface area (Å²) in [5.41, 5.74) is 5.56. The number of fused-ring (bicyclic) bond motifs is 1. The van der Waals surface area contributed by atoms with Crippen LogP contribution in [0.25, 0.3) is 11.0 Å². The van der Waals surface area contributed by atoms with Gasteiger partial charge in [-0.05, 0) is 55.0 Å². The van der Waals surface area contributed by atoms with Crippen LogP contribution in [0.5, 0.6) is 0 Å². The fourth-order valence-corrected chi connectivity index (χ4v) is 3.14. The van der Waals surface area contributed by atoms with Gasteiger partial charge in [0, 0.05) is 16.5 Å². The van der Waals surface area contributed by atoms with Crippen LogP contribution in [0.4, 0.5) is 0 Å². The molecule has 0 aliphatic heterocycles. The first kappa shape index (κ1) is 19.9. The number of carbonyl (C=O) groups excluding carboxylic acids is 2. The van der Waals surface area contributed by atoms with Crippen LogP contribution in [0.1, 0.15) is 58.8 Å². The van der Waals surface area contributed by atoms with Gasteiger partial charge in [-0.2, -0.15) is 0 Å². The van der Waals surface area contributed by atoms with Gasteiger partial charge in [0.25, 0.3) is 0 Å². The van der Waals surface area contributed by atoms with Gasteiger partial charge in [0.2, 0.25) is 0 Å². The van der Waals surface area contributed by atoms with Crippen molar-refractivity contribution in [3.63, 3.8) is 0 Å². The van der Waals surface area contributed by atoms with E-state index in [1.807, 2.05) is 38.1 Å². The lowest BCUT2D eigenvalue weighted by Gasteiger charge is -2.09. The molecule has 0 radical (unpaired) electrons. The van der Waals surface area contributed by atoms with Gasteiger partial charge in [0.1, 0.15) is 5.58 Å². The molecule has 0 saturated heterocycles. The lowest BCUT2D eigenvalue weighted by atomic mass is 9.97.